The zero-order valence-corrected chi connectivity index (χ0v) is 16.7. The second-order valence-electron chi connectivity index (χ2n) is 5.90. The summed E-state index contributed by atoms with van der Waals surface area (Å²) >= 11 is 12.5. The lowest BCUT2D eigenvalue weighted by molar-refractivity contribution is -0.122. The first-order chi connectivity index (χ1) is 13.0. The van der Waals surface area contributed by atoms with Crippen LogP contribution < -0.4 is 5.32 Å². The van der Waals surface area contributed by atoms with Crippen molar-refractivity contribution in [2.24, 2.45) is 0 Å². The maximum atomic E-state index is 12.6. The van der Waals surface area contributed by atoms with Crippen LogP contribution in [0.15, 0.2) is 59.5 Å². The van der Waals surface area contributed by atoms with E-state index in [9.17, 15) is 9.59 Å². The molecule has 7 heteroatoms. The van der Waals surface area contributed by atoms with Crippen LogP contribution in [0, 0.1) is 0 Å². The van der Waals surface area contributed by atoms with Gasteiger partial charge in [-0.2, -0.15) is 0 Å². The normalized spacial score (nSPS) is 15.4. The van der Waals surface area contributed by atoms with Gasteiger partial charge in [-0.05, 0) is 42.3 Å². The number of carbonyl (C=O) groups is 2. The molecule has 1 aliphatic heterocycles. The molecule has 0 radical (unpaired) electrons. The summed E-state index contributed by atoms with van der Waals surface area (Å²) in [6, 6.07) is 16.5. The van der Waals surface area contributed by atoms with Crippen LogP contribution in [0.5, 0.6) is 0 Å². The quantitative estimate of drug-likeness (QED) is 0.534. The molecule has 2 amide bonds. The number of benzene rings is 2. The highest BCUT2D eigenvalue weighted by Crippen LogP contribution is 2.32. The summed E-state index contributed by atoms with van der Waals surface area (Å²) in [6.45, 7) is 0.421. The van der Waals surface area contributed by atoms with Crippen LogP contribution in [0.1, 0.15) is 18.4 Å². The van der Waals surface area contributed by atoms with Crippen LogP contribution in [0.4, 0.5) is 5.69 Å². The van der Waals surface area contributed by atoms with Crippen LogP contribution in [-0.4, -0.2) is 27.6 Å². The van der Waals surface area contributed by atoms with Gasteiger partial charge in [0.05, 0.1) is 4.91 Å². The molecule has 2 aromatic rings. The summed E-state index contributed by atoms with van der Waals surface area (Å²) in [4.78, 5) is 26.7. The zero-order valence-electron chi connectivity index (χ0n) is 14.4. The summed E-state index contributed by atoms with van der Waals surface area (Å²) in [5, 5.41) is 3.48. The van der Waals surface area contributed by atoms with E-state index in [1.807, 2.05) is 42.5 Å². The number of rotatable bonds is 6. The highest BCUT2D eigenvalue weighted by Gasteiger charge is 2.31. The molecule has 1 aliphatic rings. The first kappa shape index (κ1) is 19.6. The third kappa shape index (κ3) is 5.42. The van der Waals surface area contributed by atoms with E-state index >= 15 is 0 Å². The minimum Gasteiger partial charge on any atom is -0.326 e. The fraction of sp³-hybridized carbons (Fsp3) is 0.150. The van der Waals surface area contributed by atoms with E-state index in [0.717, 1.165) is 11.3 Å². The molecule has 2 aromatic carbocycles. The van der Waals surface area contributed by atoms with Crippen LogP contribution in [0.25, 0.3) is 6.08 Å². The fourth-order valence-electron chi connectivity index (χ4n) is 2.55. The van der Waals surface area contributed by atoms with Crippen molar-refractivity contribution in [3.8, 4) is 0 Å². The second-order valence-corrected chi connectivity index (χ2v) is 8.01. The molecule has 0 unspecified atom stereocenters. The van der Waals surface area contributed by atoms with Gasteiger partial charge in [-0.3, -0.25) is 14.5 Å². The number of nitrogens with zero attached hydrogens (tertiary/aromatic N) is 1. The average Bonchev–Trinajstić information content (AvgIpc) is 2.92. The van der Waals surface area contributed by atoms with E-state index in [2.05, 4.69) is 5.32 Å². The Hall–Kier alpha value is -2.15. The number of hydrogen-bond donors (Lipinski definition) is 1. The molecule has 3 rings (SSSR count). The zero-order chi connectivity index (χ0) is 19.2. The van der Waals surface area contributed by atoms with Crippen LogP contribution in [-0.2, 0) is 9.59 Å². The van der Waals surface area contributed by atoms with Crippen molar-refractivity contribution in [2.75, 3.05) is 11.9 Å². The van der Waals surface area contributed by atoms with E-state index in [1.165, 1.54) is 11.8 Å². The number of nitrogens with one attached hydrogen (secondary N) is 1. The predicted molar refractivity (Wildman–Crippen MR) is 116 cm³/mol. The van der Waals surface area contributed by atoms with E-state index in [-0.39, 0.29) is 11.8 Å². The van der Waals surface area contributed by atoms with Gasteiger partial charge in [0.15, 0.2) is 0 Å². The van der Waals surface area contributed by atoms with Crippen LogP contribution in [0.3, 0.4) is 0 Å². The Labute approximate surface area is 172 Å². The largest absolute Gasteiger partial charge is 0.326 e. The molecule has 0 bridgehead atoms. The SMILES string of the molecule is O=C(CCCN1C(=O)/C(=C/c2ccc(Cl)cc2)SC1=S)Nc1ccccc1. The number of amides is 2. The van der Waals surface area contributed by atoms with Gasteiger partial charge in [-0.15, -0.1) is 0 Å². The monoisotopic (exact) mass is 416 g/mol. The standard InChI is InChI=1S/C20H17ClN2O2S2/c21-15-10-8-14(9-11-15)13-17-19(25)23(20(26)27-17)12-4-7-18(24)22-16-5-2-1-3-6-16/h1-3,5-6,8-11,13H,4,7,12H2,(H,22,24)/b17-13-. The molecule has 1 fully saturated rings. The van der Waals surface area contributed by atoms with Crippen molar-refractivity contribution in [3.63, 3.8) is 0 Å². The number of anilines is 1. The Morgan fingerprint density at radius 1 is 1.15 bits per heavy atom. The van der Waals surface area contributed by atoms with E-state index < -0.39 is 0 Å². The highest BCUT2D eigenvalue weighted by atomic mass is 35.5. The Bertz CT molecular complexity index is 883. The summed E-state index contributed by atoms with van der Waals surface area (Å²) in [7, 11) is 0. The Morgan fingerprint density at radius 3 is 2.56 bits per heavy atom. The van der Waals surface area contributed by atoms with E-state index in [1.54, 1.807) is 23.1 Å². The molecule has 0 aliphatic carbocycles. The van der Waals surface area contributed by atoms with Crippen molar-refractivity contribution in [3.05, 3.63) is 70.1 Å². The Balaban J connectivity index is 1.53. The third-order valence-corrected chi connectivity index (χ3v) is 5.51. The van der Waals surface area contributed by atoms with Gasteiger partial charge in [-0.1, -0.05) is 65.9 Å². The minimum atomic E-state index is -0.122. The predicted octanol–water partition coefficient (Wildman–Crippen LogP) is 4.96. The van der Waals surface area contributed by atoms with Crippen molar-refractivity contribution >= 4 is 63.5 Å². The topological polar surface area (TPSA) is 49.4 Å². The molecule has 0 saturated carbocycles. The lowest BCUT2D eigenvalue weighted by Gasteiger charge is -2.14. The summed E-state index contributed by atoms with van der Waals surface area (Å²) in [5.41, 5.74) is 1.65. The fourth-order valence-corrected chi connectivity index (χ4v) is 3.98. The second kappa shape index (κ2) is 9.17. The average molecular weight is 417 g/mol. The van der Waals surface area contributed by atoms with Gasteiger partial charge in [0.2, 0.25) is 5.91 Å². The van der Waals surface area contributed by atoms with Crippen molar-refractivity contribution in [1.82, 2.24) is 4.90 Å². The smallest absolute Gasteiger partial charge is 0.266 e. The number of thioether (sulfide) groups is 1. The maximum absolute atomic E-state index is 12.6. The Kier molecular flexibility index (Phi) is 6.66. The maximum Gasteiger partial charge on any atom is 0.266 e. The summed E-state index contributed by atoms with van der Waals surface area (Å²) < 4.78 is 0.517. The number of thiocarbonyl (C=S) groups is 1. The summed E-state index contributed by atoms with van der Waals surface area (Å²) in [5.74, 6) is -0.202. The lowest BCUT2D eigenvalue weighted by Crippen LogP contribution is -2.29. The van der Waals surface area contributed by atoms with Gasteiger partial charge in [0, 0.05) is 23.7 Å². The molecule has 0 aromatic heterocycles. The first-order valence-electron chi connectivity index (χ1n) is 8.39. The number of carbonyl (C=O) groups excluding carboxylic acids is 2. The van der Waals surface area contributed by atoms with Gasteiger partial charge >= 0.3 is 0 Å². The third-order valence-electron chi connectivity index (χ3n) is 3.88. The van der Waals surface area contributed by atoms with Gasteiger partial charge in [-0.25, -0.2) is 0 Å². The van der Waals surface area contributed by atoms with Crippen molar-refractivity contribution in [2.45, 2.75) is 12.8 Å². The molecule has 0 atom stereocenters. The van der Waals surface area contributed by atoms with Gasteiger partial charge in [0.25, 0.3) is 5.91 Å². The summed E-state index contributed by atoms with van der Waals surface area (Å²) in [6.07, 6.45) is 2.67. The number of halogens is 1. The minimum absolute atomic E-state index is 0.0802. The number of hydrogen-bond acceptors (Lipinski definition) is 4. The van der Waals surface area contributed by atoms with Crippen molar-refractivity contribution < 1.29 is 9.59 Å². The van der Waals surface area contributed by atoms with E-state index in [0.29, 0.717) is 33.6 Å². The molecular formula is C20H17ClN2O2S2. The molecular weight excluding hydrogens is 400 g/mol. The molecule has 1 saturated heterocycles. The van der Waals surface area contributed by atoms with E-state index in [4.69, 9.17) is 23.8 Å². The van der Waals surface area contributed by atoms with Crippen LogP contribution in [0.2, 0.25) is 5.02 Å². The highest BCUT2D eigenvalue weighted by molar-refractivity contribution is 8.26. The molecule has 4 nitrogen and oxygen atoms in total. The number of para-hydroxylation sites is 1. The Morgan fingerprint density at radius 2 is 1.85 bits per heavy atom. The van der Waals surface area contributed by atoms with Crippen molar-refractivity contribution in [1.29, 1.82) is 0 Å². The van der Waals surface area contributed by atoms with Gasteiger partial charge in [0.1, 0.15) is 4.32 Å². The first-order valence-corrected chi connectivity index (χ1v) is 9.99. The molecule has 0 spiro atoms. The molecule has 27 heavy (non-hydrogen) atoms. The molecule has 1 N–H and O–H groups in total. The molecule has 1 heterocycles. The van der Waals surface area contributed by atoms with Gasteiger partial charge < -0.3 is 5.32 Å². The lowest BCUT2D eigenvalue weighted by atomic mass is 10.2. The molecule has 138 valence electrons. The van der Waals surface area contributed by atoms with Crippen LogP contribution >= 0.6 is 35.6 Å².